The fraction of sp³-hybridized carbons (Fsp3) is 0.609. The molecule has 1 rings (SSSR count). The molecular weight excluding hydrogens is 450 g/mol. The van der Waals surface area contributed by atoms with Gasteiger partial charge >= 0.3 is 12.1 Å². The normalized spacial score (nSPS) is 14.1. The van der Waals surface area contributed by atoms with Crippen molar-refractivity contribution in [1.29, 1.82) is 0 Å². The van der Waals surface area contributed by atoms with E-state index in [-0.39, 0.29) is 26.4 Å². The van der Waals surface area contributed by atoms with Crippen LogP contribution in [0.15, 0.2) is 30.3 Å². The molecule has 0 bridgehead atoms. The molecule has 1 amide bonds. The summed E-state index contributed by atoms with van der Waals surface area (Å²) < 4.78 is 10.0. The van der Waals surface area contributed by atoms with Gasteiger partial charge in [-0.3, -0.25) is 9.59 Å². The van der Waals surface area contributed by atoms with Crippen molar-refractivity contribution in [2.75, 3.05) is 12.4 Å². The second kappa shape index (κ2) is 18.8. The predicted octanol–water partition coefficient (Wildman–Crippen LogP) is 4.54. The maximum Gasteiger partial charge on any atom is 0.410 e. The number of thiol groups is 2. The molecule has 0 saturated carbocycles. The summed E-state index contributed by atoms with van der Waals surface area (Å²) in [5, 5.41) is 11.9. The molecule has 1 aromatic rings. The molecule has 0 fully saturated rings. The Bertz CT molecular complexity index is 653. The number of hydrogen-bond acceptors (Lipinski definition) is 8. The Balaban J connectivity index is 0. The van der Waals surface area contributed by atoms with Gasteiger partial charge in [0.2, 0.25) is 6.29 Å². The first kappa shape index (κ1) is 30.3. The highest BCUT2D eigenvalue weighted by molar-refractivity contribution is 7.81. The molecule has 4 atom stereocenters. The van der Waals surface area contributed by atoms with Crippen molar-refractivity contribution in [3.63, 3.8) is 0 Å². The van der Waals surface area contributed by atoms with Crippen LogP contribution in [0.5, 0.6) is 0 Å². The Morgan fingerprint density at radius 1 is 1.12 bits per heavy atom. The van der Waals surface area contributed by atoms with Gasteiger partial charge < -0.3 is 19.9 Å². The van der Waals surface area contributed by atoms with E-state index in [2.05, 4.69) is 30.6 Å². The Kier molecular flexibility index (Phi) is 17.8. The number of aliphatic hydroxyl groups is 1. The number of hydrogen-bond donors (Lipinski definition) is 4. The third kappa shape index (κ3) is 16.0. The molecule has 0 radical (unpaired) electrons. The number of benzene rings is 1. The molecule has 0 aliphatic carbocycles. The Labute approximate surface area is 203 Å². The number of rotatable bonds is 13. The lowest BCUT2D eigenvalue weighted by Gasteiger charge is -2.20. The van der Waals surface area contributed by atoms with E-state index >= 15 is 0 Å². The number of carbonyl (C=O) groups is 3. The van der Waals surface area contributed by atoms with Crippen molar-refractivity contribution in [3.05, 3.63) is 35.9 Å². The largest absolute Gasteiger partial charge is 0.425 e. The molecular formula is C23H39NO6S2. The van der Waals surface area contributed by atoms with Crippen molar-refractivity contribution >= 4 is 43.6 Å². The van der Waals surface area contributed by atoms with E-state index in [4.69, 9.17) is 14.6 Å². The summed E-state index contributed by atoms with van der Waals surface area (Å²) in [4.78, 5) is 33.3. The van der Waals surface area contributed by atoms with Crippen LogP contribution in [0.3, 0.4) is 0 Å². The maximum atomic E-state index is 11.7. The average Bonchev–Trinajstić information content (AvgIpc) is 2.77. The van der Waals surface area contributed by atoms with Gasteiger partial charge in [0.15, 0.2) is 0 Å². The zero-order valence-corrected chi connectivity index (χ0v) is 20.9. The lowest BCUT2D eigenvalue weighted by molar-refractivity contribution is -0.165. The van der Waals surface area contributed by atoms with Gasteiger partial charge in [-0.05, 0) is 37.9 Å². The van der Waals surface area contributed by atoms with Gasteiger partial charge in [0.25, 0.3) is 0 Å². The first-order valence-corrected chi connectivity index (χ1v) is 11.9. The molecule has 0 aromatic heterocycles. The van der Waals surface area contributed by atoms with Crippen LogP contribution in [0.2, 0.25) is 0 Å². The van der Waals surface area contributed by atoms with Crippen LogP contribution in [0.4, 0.5) is 4.79 Å². The van der Waals surface area contributed by atoms with Gasteiger partial charge in [0.1, 0.15) is 6.29 Å². The SMILES string of the molecule is CC(OC(=O)CCCC[C@@H](S)CCS)OC(=O)NC(C)C(C)CO.O=Cc1ccccc1.[HH]. The minimum Gasteiger partial charge on any atom is -0.425 e. The Hall–Kier alpha value is -1.71. The molecule has 0 spiro atoms. The van der Waals surface area contributed by atoms with Crippen molar-refractivity contribution in [1.82, 2.24) is 5.32 Å². The molecule has 3 unspecified atom stereocenters. The summed E-state index contributed by atoms with van der Waals surface area (Å²) in [5.74, 6) is 0.327. The Morgan fingerprint density at radius 2 is 1.78 bits per heavy atom. The van der Waals surface area contributed by atoms with Crippen molar-refractivity contribution in [3.8, 4) is 0 Å². The zero-order chi connectivity index (χ0) is 24.4. The Morgan fingerprint density at radius 3 is 2.31 bits per heavy atom. The molecule has 0 heterocycles. The second-order valence-electron chi connectivity index (χ2n) is 7.50. The van der Waals surface area contributed by atoms with E-state index in [1.165, 1.54) is 6.92 Å². The minimum atomic E-state index is -0.948. The van der Waals surface area contributed by atoms with Crippen molar-refractivity contribution in [2.24, 2.45) is 5.92 Å². The summed E-state index contributed by atoms with van der Waals surface area (Å²) in [6.45, 7) is 5.03. The highest BCUT2D eigenvalue weighted by Crippen LogP contribution is 2.13. The number of aliphatic hydroxyl groups excluding tert-OH is 1. The number of amides is 1. The smallest absolute Gasteiger partial charge is 0.410 e. The fourth-order valence-corrected chi connectivity index (χ4v) is 3.24. The quantitative estimate of drug-likeness (QED) is 0.107. The van der Waals surface area contributed by atoms with Gasteiger partial charge in [0.05, 0.1) is 0 Å². The summed E-state index contributed by atoms with van der Waals surface area (Å²) in [6, 6.07) is 8.86. The van der Waals surface area contributed by atoms with Crippen LogP contribution in [-0.2, 0) is 14.3 Å². The summed E-state index contributed by atoms with van der Waals surface area (Å²) in [6.07, 6.45) is 2.99. The van der Waals surface area contributed by atoms with Gasteiger partial charge in [0, 0.05) is 38.2 Å². The van der Waals surface area contributed by atoms with Gasteiger partial charge in [-0.15, -0.1) is 0 Å². The first-order chi connectivity index (χ1) is 15.2. The van der Waals surface area contributed by atoms with Crippen LogP contribution < -0.4 is 5.32 Å². The van der Waals surface area contributed by atoms with Crippen LogP contribution in [-0.4, -0.2) is 53.4 Å². The summed E-state index contributed by atoms with van der Waals surface area (Å²) >= 11 is 8.59. The molecule has 0 saturated heterocycles. The zero-order valence-electron chi connectivity index (χ0n) is 19.1. The van der Waals surface area contributed by atoms with Crippen LogP contribution in [0.25, 0.3) is 0 Å². The van der Waals surface area contributed by atoms with Crippen LogP contribution in [0, 0.1) is 5.92 Å². The van der Waals surface area contributed by atoms with Crippen LogP contribution >= 0.6 is 25.3 Å². The van der Waals surface area contributed by atoms with E-state index in [0.29, 0.717) is 11.7 Å². The highest BCUT2D eigenvalue weighted by atomic mass is 32.1. The first-order valence-electron chi connectivity index (χ1n) is 10.8. The lowest BCUT2D eigenvalue weighted by Crippen LogP contribution is -2.40. The molecule has 0 aliphatic rings. The molecule has 1 aromatic carbocycles. The minimum absolute atomic E-state index is 0. The van der Waals surface area contributed by atoms with E-state index in [9.17, 15) is 14.4 Å². The number of esters is 1. The third-order valence-electron chi connectivity index (χ3n) is 4.62. The molecule has 9 heteroatoms. The van der Waals surface area contributed by atoms with E-state index < -0.39 is 18.4 Å². The number of ether oxygens (including phenoxy) is 2. The summed E-state index contributed by atoms with van der Waals surface area (Å²) in [5.41, 5.74) is 0.729. The standard InChI is InChI=1S/C16H31NO5S2.C7H6O.H2/c1-11(10-18)12(2)17-16(20)22-13(3)21-15(19)7-5-4-6-14(24)8-9-23;8-6-7-4-2-1-3-5-7;/h11-14,18,23-24H,4-10H2,1-3H3,(H,17,20);1-6H;1H/t11?,12?,13?,14-;;/m1../s1. The highest BCUT2D eigenvalue weighted by Gasteiger charge is 2.18. The second-order valence-corrected chi connectivity index (χ2v) is 8.67. The van der Waals surface area contributed by atoms with E-state index in [0.717, 1.165) is 36.9 Å². The van der Waals surface area contributed by atoms with E-state index in [1.807, 2.05) is 18.2 Å². The number of aldehydes is 1. The molecule has 7 nitrogen and oxygen atoms in total. The monoisotopic (exact) mass is 489 g/mol. The lowest BCUT2D eigenvalue weighted by atomic mass is 10.1. The molecule has 184 valence electrons. The number of nitrogens with one attached hydrogen (secondary N) is 1. The van der Waals surface area contributed by atoms with Crippen LogP contribution in [0.1, 0.15) is 64.7 Å². The van der Waals surface area contributed by atoms with Crippen molar-refractivity contribution in [2.45, 2.75) is 70.5 Å². The fourth-order valence-electron chi connectivity index (χ4n) is 2.41. The van der Waals surface area contributed by atoms with Gasteiger partial charge in [-0.25, -0.2) is 4.79 Å². The maximum absolute atomic E-state index is 11.7. The van der Waals surface area contributed by atoms with E-state index in [1.54, 1.807) is 26.0 Å². The third-order valence-corrected chi connectivity index (χ3v) is 5.40. The van der Waals surface area contributed by atoms with Gasteiger partial charge in [-0.2, -0.15) is 25.3 Å². The average molecular weight is 490 g/mol. The van der Waals surface area contributed by atoms with Gasteiger partial charge in [-0.1, -0.05) is 43.7 Å². The van der Waals surface area contributed by atoms with Crippen molar-refractivity contribution < 1.29 is 30.4 Å². The number of alkyl carbamates (subject to hydrolysis) is 1. The predicted molar refractivity (Wildman–Crippen MR) is 135 cm³/mol. The molecule has 32 heavy (non-hydrogen) atoms. The number of unbranched alkanes of at least 4 members (excludes halogenated alkanes) is 1. The summed E-state index contributed by atoms with van der Waals surface area (Å²) in [7, 11) is 0. The topological polar surface area (TPSA) is 102 Å². The number of carbonyl (C=O) groups excluding carboxylic acids is 3. The molecule has 2 N–H and O–H groups in total. The molecule has 0 aliphatic heterocycles.